The van der Waals surface area contributed by atoms with Crippen LogP contribution in [0.2, 0.25) is 0 Å². The Labute approximate surface area is 181 Å². The maximum absolute atomic E-state index is 12.4. The minimum absolute atomic E-state index is 0.0379. The normalized spacial score (nSPS) is 30.6. The summed E-state index contributed by atoms with van der Waals surface area (Å²) in [6, 6.07) is 0. The van der Waals surface area contributed by atoms with E-state index in [9.17, 15) is 24.6 Å². The number of aliphatic hydroxyl groups is 2. The Morgan fingerprint density at radius 1 is 1.29 bits per heavy atom. The van der Waals surface area contributed by atoms with Crippen LogP contribution < -0.4 is 10.6 Å². The molecule has 0 radical (unpaired) electrons. The molecule has 2 aliphatic heterocycles. The molecule has 172 valence electrons. The first-order valence-corrected chi connectivity index (χ1v) is 9.90. The maximum Gasteiger partial charge on any atom is 0.306 e. The van der Waals surface area contributed by atoms with Gasteiger partial charge in [-0.15, -0.1) is 0 Å². The number of esters is 2. The molecule has 12 nitrogen and oxygen atoms in total. The van der Waals surface area contributed by atoms with Gasteiger partial charge in [0.25, 0.3) is 5.91 Å². The fraction of sp³-hybridized carbons (Fsp3) is 0.684. The van der Waals surface area contributed by atoms with E-state index in [0.717, 1.165) is 0 Å². The molecule has 3 rings (SSSR count). The molecule has 0 bridgehead atoms. The van der Waals surface area contributed by atoms with E-state index in [1.54, 1.807) is 0 Å². The molecule has 1 fully saturated rings. The van der Waals surface area contributed by atoms with Crippen molar-refractivity contribution in [3.63, 3.8) is 0 Å². The number of nitrogens with one attached hydrogen (secondary N) is 2. The number of ether oxygens (including phenoxy) is 3. The first-order chi connectivity index (χ1) is 15.6. The largest absolute Gasteiger partial charge is 0.455 e. The lowest BCUT2D eigenvalue weighted by Gasteiger charge is -2.25. The van der Waals surface area contributed by atoms with Crippen LogP contribution in [0, 0.1) is 0 Å². The van der Waals surface area contributed by atoms with E-state index in [0.29, 0.717) is 0 Å². The number of carbonyl (C=O) groups excluding carboxylic acids is 3. The molecule has 31 heavy (non-hydrogen) atoms. The lowest BCUT2D eigenvalue weighted by molar-refractivity contribution is -0.168. The van der Waals surface area contributed by atoms with Crippen LogP contribution in [0.15, 0.2) is 6.33 Å². The number of imidazole rings is 1. The van der Waals surface area contributed by atoms with Gasteiger partial charge in [-0.25, -0.2) is 4.98 Å². The van der Waals surface area contributed by atoms with Crippen molar-refractivity contribution in [3.05, 3.63) is 12.0 Å². The molecular formula is C19H28N4O8. The van der Waals surface area contributed by atoms with Crippen LogP contribution in [0.3, 0.4) is 0 Å². The van der Waals surface area contributed by atoms with Gasteiger partial charge in [-0.3, -0.25) is 19.0 Å². The van der Waals surface area contributed by atoms with E-state index in [4.69, 9.17) is 17.0 Å². The molecule has 0 aliphatic carbocycles. The highest BCUT2D eigenvalue weighted by molar-refractivity contribution is 5.97. The number of rotatable bonds is 8. The Kier molecular flexibility index (Phi) is 6.57. The summed E-state index contributed by atoms with van der Waals surface area (Å²) < 4.78 is 33.4. The zero-order chi connectivity index (χ0) is 24.3. The van der Waals surface area contributed by atoms with Crippen molar-refractivity contribution in [2.24, 2.45) is 0 Å². The van der Waals surface area contributed by atoms with Crippen molar-refractivity contribution in [2.45, 2.75) is 70.3 Å². The summed E-state index contributed by atoms with van der Waals surface area (Å²) in [4.78, 5) is 41.0. The maximum atomic E-state index is 12.4. The van der Waals surface area contributed by atoms with Gasteiger partial charge in [0.2, 0.25) is 0 Å². The van der Waals surface area contributed by atoms with Crippen LogP contribution in [0.1, 0.15) is 58.9 Å². The molecule has 3 heterocycles. The number of hydrogen-bond acceptors (Lipinski definition) is 10. The van der Waals surface area contributed by atoms with Gasteiger partial charge >= 0.3 is 11.9 Å². The number of fused-ring (bicyclic) bond motifs is 1. The quantitative estimate of drug-likeness (QED) is 0.392. The fourth-order valence-corrected chi connectivity index (χ4v) is 3.44. The van der Waals surface area contributed by atoms with Gasteiger partial charge in [-0.05, 0) is 12.8 Å². The summed E-state index contributed by atoms with van der Waals surface area (Å²) in [5.41, 5.74) is -0.0379. The molecule has 1 saturated heterocycles. The summed E-state index contributed by atoms with van der Waals surface area (Å²) in [5.74, 6) is -1.93. The zero-order valence-electron chi connectivity index (χ0n) is 19.2. The van der Waals surface area contributed by atoms with Gasteiger partial charge in [-0.1, -0.05) is 13.8 Å². The molecular weight excluding hydrogens is 412 g/mol. The molecule has 0 aromatic carbocycles. The van der Waals surface area contributed by atoms with Gasteiger partial charge in [0, 0.05) is 15.6 Å². The highest BCUT2D eigenvalue weighted by Crippen LogP contribution is 2.37. The van der Waals surface area contributed by atoms with E-state index >= 15 is 0 Å². The molecule has 2 aliphatic rings. The van der Waals surface area contributed by atoms with Crippen LogP contribution in [-0.4, -0.2) is 75.3 Å². The number of amides is 1. The summed E-state index contributed by atoms with van der Waals surface area (Å²) >= 11 is 0. The van der Waals surface area contributed by atoms with Crippen molar-refractivity contribution >= 4 is 23.7 Å². The SMILES string of the molecule is [2H]C(C)CC(=O)O[C@@H]1[C@@H](CO)OC(n2cnc3c2NCC(O)NC3=O)[C@@H]1OC(=O)CC([2H])C. The number of anilines is 1. The Bertz CT molecular complexity index is 880. The smallest absolute Gasteiger partial charge is 0.306 e. The van der Waals surface area contributed by atoms with Crippen LogP contribution >= 0.6 is 0 Å². The topological polar surface area (TPSA) is 161 Å². The minimum Gasteiger partial charge on any atom is -0.455 e. The van der Waals surface area contributed by atoms with E-state index in [1.165, 1.54) is 24.7 Å². The standard InChI is InChI=1S/C19H28N4O8/c1-3-5-12(26)30-15-10(8-24)29-19(16(15)31-13(27)6-4-2)23-9-21-14-17(23)20-7-11(25)22-18(14)28/h9-11,15-16,19-20,24-25H,3-8H2,1-2H3,(H,22,28)/t10-,11?,15-,16-,19?/m1/s1/i3D,4D/t3?,4?,10-,11?,15-,16-,19?. The molecule has 4 unspecified atom stereocenters. The first kappa shape index (κ1) is 20.2. The first-order valence-electron chi connectivity index (χ1n) is 11.1. The zero-order valence-corrected chi connectivity index (χ0v) is 17.2. The Balaban J connectivity index is 1.94. The van der Waals surface area contributed by atoms with Crippen LogP contribution in [-0.2, 0) is 23.8 Å². The van der Waals surface area contributed by atoms with E-state index in [-0.39, 0.29) is 30.9 Å². The third-order valence-electron chi connectivity index (χ3n) is 4.79. The second-order valence-electron chi connectivity index (χ2n) is 7.10. The second kappa shape index (κ2) is 10.1. The number of β-amino-alcohol motifs (C(OH)–C–C–N with tert-alkyl or cyclic N) is 1. The number of aliphatic hydroxyl groups excluding tert-OH is 2. The van der Waals surface area contributed by atoms with E-state index < -0.39 is 68.0 Å². The van der Waals surface area contributed by atoms with Gasteiger partial charge in [0.05, 0.1) is 19.5 Å². The highest BCUT2D eigenvalue weighted by atomic mass is 16.6. The van der Waals surface area contributed by atoms with Crippen LogP contribution in [0.4, 0.5) is 5.82 Å². The van der Waals surface area contributed by atoms with Crippen molar-refractivity contribution in [1.29, 1.82) is 0 Å². The Hall–Kier alpha value is -2.70. The van der Waals surface area contributed by atoms with Crippen molar-refractivity contribution in [2.75, 3.05) is 18.5 Å². The number of nitrogens with zero attached hydrogens (tertiary/aromatic N) is 2. The predicted molar refractivity (Wildman–Crippen MR) is 105 cm³/mol. The average Bonchev–Trinajstić information content (AvgIpc) is 3.22. The van der Waals surface area contributed by atoms with E-state index in [2.05, 4.69) is 15.6 Å². The van der Waals surface area contributed by atoms with Gasteiger partial charge in [0.15, 0.2) is 24.1 Å². The molecule has 1 amide bonds. The Morgan fingerprint density at radius 2 is 1.94 bits per heavy atom. The van der Waals surface area contributed by atoms with E-state index in [1.807, 2.05) is 0 Å². The van der Waals surface area contributed by atoms with Gasteiger partial charge < -0.3 is 35.1 Å². The monoisotopic (exact) mass is 442 g/mol. The third kappa shape index (κ3) is 4.97. The molecule has 0 spiro atoms. The lowest BCUT2D eigenvalue weighted by Crippen LogP contribution is -2.40. The van der Waals surface area contributed by atoms with Crippen LogP contribution in [0.5, 0.6) is 0 Å². The predicted octanol–water partition coefficient (Wildman–Crippen LogP) is -0.330. The van der Waals surface area contributed by atoms with Gasteiger partial charge in [0.1, 0.15) is 18.1 Å². The molecule has 12 heteroatoms. The molecule has 0 saturated carbocycles. The molecule has 1 aromatic rings. The number of carbonyl (C=O) groups is 3. The molecule has 7 atom stereocenters. The fourth-order valence-electron chi connectivity index (χ4n) is 3.44. The Morgan fingerprint density at radius 3 is 2.55 bits per heavy atom. The molecule has 4 N–H and O–H groups in total. The average molecular weight is 442 g/mol. The lowest BCUT2D eigenvalue weighted by atomic mass is 10.1. The van der Waals surface area contributed by atoms with Crippen molar-refractivity contribution < 1.29 is 41.5 Å². The van der Waals surface area contributed by atoms with Crippen LogP contribution in [0.25, 0.3) is 0 Å². The summed E-state index contributed by atoms with van der Waals surface area (Å²) in [7, 11) is 0. The minimum atomic E-state index is -1.24. The van der Waals surface area contributed by atoms with Gasteiger partial charge in [-0.2, -0.15) is 0 Å². The number of aromatic nitrogens is 2. The highest BCUT2D eigenvalue weighted by Gasteiger charge is 2.51. The summed E-state index contributed by atoms with van der Waals surface area (Å²) in [6.07, 6.45) is -6.49. The second-order valence-corrected chi connectivity index (χ2v) is 7.10. The number of hydrogen-bond donors (Lipinski definition) is 4. The van der Waals surface area contributed by atoms with Crippen molar-refractivity contribution in [3.8, 4) is 0 Å². The summed E-state index contributed by atoms with van der Waals surface area (Å²) in [6.45, 7) is 2.41. The molecule has 1 aromatic heterocycles. The summed E-state index contributed by atoms with van der Waals surface area (Å²) in [5, 5.41) is 24.9. The van der Waals surface area contributed by atoms with Crippen molar-refractivity contribution in [1.82, 2.24) is 14.9 Å². The third-order valence-corrected chi connectivity index (χ3v) is 4.79.